The second-order valence-corrected chi connectivity index (χ2v) is 7.87. The predicted molar refractivity (Wildman–Crippen MR) is 122 cm³/mol. The highest BCUT2D eigenvalue weighted by Gasteiger charge is 2.32. The molecule has 1 saturated heterocycles. The number of hydrogen-bond donors (Lipinski definition) is 1. The Balaban J connectivity index is 1.80. The second-order valence-electron chi connectivity index (χ2n) is 7.87. The van der Waals surface area contributed by atoms with Crippen LogP contribution in [0.15, 0.2) is 30.3 Å². The lowest BCUT2D eigenvalue weighted by molar-refractivity contribution is -0.137. The van der Waals surface area contributed by atoms with Crippen molar-refractivity contribution in [2.24, 2.45) is 0 Å². The third kappa shape index (κ3) is 6.16. The maximum absolute atomic E-state index is 13.3. The molecule has 11 heteroatoms. The van der Waals surface area contributed by atoms with E-state index < -0.39 is 29.7 Å². The third-order valence-corrected chi connectivity index (χ3v) is 5.57. The van der Waals surface area contributed by atoms with Gasteiger partial charge in [0.25, 0.3) is 5.91 Å². The summed E-state index contributed by atoms with van der Waals surface area (Å²) in [4.78, 5) is 27.3. The maximum Gasteiger partial charge on any atom is 0.416 e. The first kappa shape index (κ1) is 26.1. The predicted octanol–water partition coefficient (Wildman–Crippen LogP) is 4.05. The van der Waals surface area contributed by atoms with Crippen molar-refractivity contribution in [2.45, 2.75) is 26.1 Å². The van der Waals surface area contributed by atoms with E-state index in [9.17, 15) is 22.8 Å². The molecule has 1 aliphatic rings. The van der Waals surface area contributed by atoms with Gasteiger partial charge in [-0.1, -0.05) is 0 Å². The molecule has 2 aromatic carbocycles. The van der Waals surface area contributed by atoms with Crippen LogP contribution in [0.25, 0.3) is 0 Å². The molecule has 1 aliphatic heterocycles. The number of methoxy groups -OCH3 is 2. The van der Waals surface area contributed by atoms with Crippen LogP contribution in [-0.4, -0.2) is 58.5 Å². The number of nitrogens with zero attached hydrogens (tertiary/aromatic N) is 1. The van der Waals surface area contributed by atoms with E-state index in [2.05, 4.69) is 5.32 Å². The lowest BCUT2D eigenvalue weighted by Gasteiger charge is -2.31. The van der Waals surface area contributed by atoms with Crippen molar-refractivity contribution in [3.63, 3.8) is 0 Å². The monoisotopic (exact) mass is 496 g/mol. The fraction of sp³-hybridized carbons (Fsp3) is 0.417. The number of benzene rings is 2. The normalized spacial score (nSPS) is 14.8. The molecule has 1 atom stereocenters. The van der Waals surface area contributed by atoms with Gasteiger partial charge in [0.1, 0.15) is 11.5 Å². The Morgan fingerprint density at radius 2 is 1.66 bits per heavy atom. The minimum absolute atomic E-state index is 0.0340. The van der Waals surface area contributed by atoms with Crippen LogP contribution in [0.3, 0.4) is 0 Å². The summed E-state index contributed by atoms with van der Waals surface area (Å²) >= 11 is 0. The molecule has 0 aliphatic carbocycles. The van der Waals surface area contributed by atoms with Crippen molar-refractivity contribution in [3.8, 4) is 11.5 Å². The van der Waals surface area contributed by atoms with Gasteiger partial charge in [0.05, 0.1) is 49.9 Å². The molecule has 0 saturated carbocycles. The van der Waals surface area contributed by atoms with Gasteiger partial charge in [0.15, 0.2) is 6.10 Å². The SMILES string of the molecule is COc1cc(C(=O)OC(C)C(=O)Nc2cc(C(F)(F)F)ccc2N2CCOCC2)cc(OC)c1C. The van der Waals surface area contributed by atoms with Gasteiger partial charge >= 0.3 is 12.1 Å². The van der Waals surface area contributed by atoms with E-state index in [1.165, 1.54) is 39.3 Å². The Morgan fingerprint density at radius 1 is 1.06 bits per heavy atom. The molecule has 190 valence electrons. The molecule has 1 heterocycles. The lowest BCUT2D eigenvalue weighted by atomic mass is 10.1. The zero-order valence-electron chi connectivity index (χ0n) is 19.8. The van der Waals surface area contributed by atoms with E-state index in [4.69, 9.17) is 18.9 Å². The van der Waals surface area contributed by atoms with Crippen LogP contribution in [0, 0.1) is 6.92 Å². The van der Waals surface area contributed by atoms with Gasteiger partial charge in [-0.3, -0.25) is 4.79 Å². The second kappa shape index (κ2) is 10.9. The zero-order valence-corrected chi connectivity index (χ0v) is 19.8. The molecule has 1 N–H and O–H groups in total. The maximum atomic E-state index is 13.3. The van der Waals surface area contributed by atoms with Crippen LogP contribution in [0.2, 0.25) is 0 Å². The van der Waals surface area contributed by atoms with Crippen LogP contribution in [0.5, 0.6) is 11.5 Å². The first-order valence-electron chi connectivity index (χ1n) is 10.8. The van der Waals surface area contributed by atoms with Crippen molar-refractivity contribution in [1.82, 2.24) is 0 Å². The Kier molecular flexibility index (Phi) is 8.11. The van der Waals surface area contributed by atoms with E-state index in [0.29, 0.717) is 49.1 Å². The topological polar surface area (TPSA) is 86.3 Å². The van der Waals surface area contributed by atoms with Crippen LogP contribution in [-0.2, 0) is 20.4 Å². The van der Waals surface area contributed by atoms with Crippen LogP contribution >= 0.6 is 0 Å². The van der Waals surface area contributed by atoms with Crippen molar-refractivity contribution in [3.05, 3.63) is 47.0 Å². The number of ether oxygens (including phenoxy) is 4. The highest BCUT2D eigenvalue weighted by atomic mass is 19.4. The van der Waals surface area contributed by atoms with Gasteiger partial charge < -0.3 is 29.2 Å². The number of hydrogen-bond acceptors (Lipinski definition) is 7. The first-order chi connectivity index (χ1) is 16.5. The number of rotatable bonds is 7. The van der Waals surface area contributed by atoms with E-state index in [1.807, 2.05) is 4.90 Å². The van der Waals surface area contributed by atoms with Gasteiger partial charge in [-0.25, -0.2) is 4.79 Å². The molecule has 0 spiro atoms. The fourth-order valence-electron chi connectivity index (χ4n) is 3.61. The van der Waals surface area contributed by atoms with Gasteiger partial charge in [-0.2, -0.15) is 13.2 Å². The number of esters is 1. The fourth-order valence-corrected chi connectivity index (χ4v) is 3.61. The average Bonchev–Trinajstić information content (AvgIpc) is 2.84. The molecule has 35 heavy (non-hydrogen) atoms. The Hall–Kier alpha value is -3.47. The number of amides is 1. The summed E-state index contributed by atoms with van der Waals surface area (Å²) in [5.41, 5.74) is 0.248. The van der Waals surface area contributed by atoms with Crippen molar-refractivity contribution in [1.29, 1.82) is 0 Å². The molecule has 1 unspecified atom stereocenters. The number of carbonyl (C=O) groups excluding carboxylic acids is 2. The van der Waals surface area contributed by atoms with Gasteiger partial charge in [0, 0.05) is 18.7 Å². The molecular formula is C24H27F3N2O6. The van der Waals surface area contributed by atoms with Crippen LogP contribution in [0.4, 0.5) is 24.5 Å². The number of alkyl halides is 3. The first-order valence-corrected chi connectivity index (χ1v) is 10.8. The molecule has 0 aromatic heterocycles. The van der Waals surface area contributed by atoms with Crippen LogP contribution in [0.1, 0.15) is 28.4 Å². The molecule has 8 nitrogen and oxygen atoms in total. The molecule has 0 bridgehead atoms. The number of nitrogens with one attached hydrogen (secondary N) is 1. The quantitative estimate of drug-likeness (QED) is 0.579. The molecule has 1 fully saturated rings. The third-order valence-electron chi connectivity index (χ3n) is 5.57. The van der Waals surface area contributed by atoms with Gasteiger partial charge in [-0.05, 0) is 44.2 Å². The molecule has 3 rings (SSSR count). The van der Waals surface area contributed by atoms with E-state index in [0.717, 1.165) is 12.1 Å². The molecular weight excluding hydrogens is 469 g/mol. The molecule has 1 amide bonds. The van der Waals surface area contributed by atoms with Crippen molar-refractivity contribution < 1.29 is 41.7 Å². The largest absolute Gasteiger partial charge is 0.496 e. The van der Waals surface area contributed by atoms with Crippen molar-refractivity contribution >= 4 is 23.3 Å². The smallest absolute Gasteiger partial charge is 0.416 e. The summed E-state index contributed by atoms with van der Waals surface area (Å²) in [5, 5.41) is 2.48. The Morgan fingerprint density at radius 3 is 2.20 bits per heavy atom. The summed E-state index contributed by atoms with van der Waals surface area (Å²) in [7, 11) is 2.88. The standard InChI is InChI=1S/C24H27F3N2O6/c1-14-20(32-3)11-16(12-21(14)33-4)23(31)35-15(2)22(30)28-18-13-17(24(25,26)27)5-6-19(18)29-7-9-34-10-8-29/h5-6,11-13,15H,7-10H2,1-4H3,(H,28,30). The summed E-state index contributed by atoms with van der Waals surface area (Å²) < 4.78 is 61.0. The highest BCUT2D eigenvalue weighted by molar-refractivity contribution is 5.99. The van der Waals surface area contributed by atoms with Crippen LogP contribution < -0.4 is 19.7 Å². The average molecular weight is 496 g/mol. The minimum Gasteiger partial charge on any atom is -0.496 e. The number of morpholine rings is 1. The minimum atomic E-state index is -4.59. The summed E-state index contributed by atoms with van der Waals surface area (Å²) in [6.07, 6.45) is -5.89. The zero-order chi connectivity index (χ0) is 25.8. The van der Waals surface area contributed by atoms with Gasteiger partial charge in [0.2, 0.25) is 0 Å². The highest BCUT2D eigenvalue weighted by Crippen LogP contribution is 2.36. The van der Waals surface area contributed by atoms with E-state index >= 15 is 0 Å². The Bertz CT molecular complexity index is 1060. The van der Waals surface area contributed by atoms with E-state index in [-0.39, 0.29) is 11.3 Å². The summed E-state index contributed by atoms with van der Waals surface area (Å²) in [5.74, 6) is -0.806. The number of halogens is 3. The lowest BCUT2D eigenvalue weighted by Crippen LogP contribution is -2.37. The molecule has 2 aromatic rings. The Labute approximate surface area is 200 Å². The van der Waals surface area contributed by atoms with Crippen molar-refractivity contribution in [2.75, 3.05) is 50.7 Å². The summed E-state index contributed by atoms with van der Waals surface area (Å²) in [6.45, 7) is 4.81. The van der Waals surface area contributed by atoms with Gasteiger partial charge in [-0.15, -0.1) is 0 Å². The number of anilines is 2. The molecule has 0 radical (unpaired) electrons. The van der Waals surface area contributed by atoms with E-state index in [1.54, 1.807) is 6.92 Å². The summed E-state index contributed by atoms with van der Waals surface area (Å²) in [6, 6.07) is 6.04. The number of carbonyl (C=O) groups is 2.